The minimum atomic E-state index is -1.04. The molecule has 3 rings (SSSR count). The second-order valence-corrected chi connectivity index (χ2v) is 4.68. The zero-order valence-electron chi connectivity index (χ0n) is 10.4. The van der Waals surface area contributed by atoms with E-state index in [1.807, 2.05) is 6.07 Å². The quantitative estimate of drug-likeness (QED) is 0.851. The molecule has 0 aliphatic heterocycles. The molecule has 0 saturated heterocycles. The highest BCUT2D eigenvalue weighted by Crippen LogP contribution is 2.28. The van der Waals surface area contributed by atoms with Crippen LogP contribution in [0.25, 0.3) is 11.1 Å². The lowest BCUT2D eigenvalue weighted by Crippen LogP contribution is -2.09. The molecule has 0 fully saturated rings. The molecule has 6 heteroatoms. The van der Waals surface area contributed by atoms with Gasteiger partial charge in [-0.1, -0.05) is 6.42 Å². The lowest BCUT2D eigenvalue weighted by molar-refractivity contribution is -0.139. The Morgan fingerprint density at radius 1 is 1.37 bits per heavy atom. The highest BCUT2D eigenvalue weighted by Gasteiger charge is 2.17. The predicted octanol–water partition coefficient (Wildman–Crippen LogP) is 1.96. The van der Waals surface area contributed by atoms with E-state index in [0.29, 0.717) is 11.1 Å². The average molecular weight is 262 g/mol. The minimum Gasteiger partial charge on any atom is -0.479 e. The Morgan fingerprint density at radius 2 is 2.21 bits per heavy atom. The molecule has 0 saturated carbocycles. The Morgan fingerprint density at radius 3 is 3.05 bits per heavy atom. The number of rotatable bonds is 3. The molecule has 0 amide bonds. The summed E-state index contributed by atoms with van der Waals surface area (Å²) >= 11 is 0. The second kappa shape index (κ2) is 4.87. The summed E-state index contributed by atoms with van der Waals surface area (Å²) in [7, 11) is 0. The molecular formula is C13H14N2O4. The number of hydrogen-bond acceptors (Lipinski definition) is 5. The third kappa shape index (κ3) is 2.38. The molecule has 0 spiro atoms. The molecule has 1 aliphatic rings. The highest BCUT2D eigenvalue weighted by molar-refractivity contribution is 5.80. The van der Waals surface area contributed by atoms with E-state index in [-0.39, 0.29) is 5.88 Å². The van der Waals surface area contributed by atoms with Gasteiger partial charge < -0.3 is 14.4 Å². The van der Waals surface area contributed by atoms with Gasteiger partial charge in [0.05, 0.1) is 0 Å². The zero-order chi connectivity index (χ0) is 13.2. The Hall–Kier alpha value is -2.11. The van der Waals surface area contributed by atoms with Crippen molar-refractivity contribution in [1.29, 1.82) is 0 Å². The van der Waals surface area contributed by atoms with Crippen molar-refractivity contribution < 1.29 is 19.2 Å². The molecule has 1 aliphatic carbocycles. The molecule has 2 aromatic rings. The number of carboxylic acids is 1. The van der Waals surface area contributed by atoms with Crippen molar-refractivity contribution in [2.24, 2.45) is 0 Å². The van der Waals surface area contributed by atoms with Gasteiger partial charge >= 0.3 is 5.97 Å². The molecule has 2 aromatic heterocycles. The van der Waals surface area contributed by atoms with Crippen LogP contribution in [0.1, 0.15) is 30.5 Å². The molecule has 100 valence electrons. The first-order chi connectivity index (χ1) is 9.24. The number of carboxylic acid groups (broad SMARTS) is 1. The van der Waals surface area contributed by atoms with Crippen LogP contribution < -0.4 is 4.74 Å². The highest BCUT2D eigenvalue weighted by atomic mass is 16.5. The number of hydrogen-bond donors (Lipinski definition) is 1. The molecule has 0 aromatic carbocycles. The number of aryl methyl sites for hydroxylation is 2. The van der Waals surface area contributed by atoms with Crippen LogP contribution in [0.15, 0.2) is 10.6 Å². The molecule has 0 bridgehead atoms. The fraction of sp³-hybridized carbons (Fsp3) is 0.462. The van der Waals surface area contributed by atoms with Gasteiger partial charge in [0.1, 0.15) is 5.39 Å². The number of aliphatic carboxylic acids is 1. The van der Waals surface area contributed by atoms with Crippen molar-refractivity contribution in [1.82, 2.24) is 10.1 Å². The van der Waals surface area contributed by atoms with Gasteiger partial charge in [0.2, 0.25) is 0 Å². The molecule has 0 atom stereocenters. The average Bonchev–Trinajstić information content (AvgIpc) is 2.62. The fourth-order valence-electron chi connectivity index (χ4n) is 2.38. The summed E-state index contributed by atoms with van der Waals surface area (Å²) in [5, 5.41) is 13.0. The number of aromatic nitrogens is 2. The minimum absolute atomic E-state index is 0.206. The van der Waals surface area contributed by atoms with E-state index in [9.17, 15) is 4.79 Å². The Balaban J connectivity index is 1.98. The third-order valence-corrected chi connectivity index (χ3v) is 3.29. The van der Waals surface area contributed by atoms with E-state index in [1.54, 1.807) is 0 Å². The maximum atomic E-state index is 10.5. The van der Waals surface area contributed by atoms with Gasteiger partial charge in [-0.05, 0) is 42.5 Å². The lowest BCUT2D eigenvalue weighted by Gasteiger charge is -2.04. The van der Waals surface area contributed by atoms with Crippen LogP contribution in [0.2, 0.25) is 0 Å². The van der Waals surface area contributed by atoms with Crippen molar-refractivity contribution in [2.75, 3.05) is 6.61 Å². The van der Waals surface area contributed by atoms with Crippen LogP contribution in [0.3, 0.4) is 0 Å². The molecule has 2 heterocycles. The number of fused-ring (bicyclic) bond motifs is 2. The normalized spacial score (nSPS) is 14.9. The van der Waals surface area contributed by atoms with Crippen molar-refractivity contribution in [3.8, 4) is 5.88 Å². The van der Waals surface area contributed by atoms with Gasteiger partial charge in [0.25, 0.3) is 11.6 Å². The first-order valence-corrected chi connectivity index (χ1v) is 6.37. The fourth-order valence-corrected chi connectivity index (χ4v) is 2.38. The first-order valence-electron chi connectivity index (χ1n) is 6.37. The molecular weight excluding hydrogens is 248 g/mol. The summed E-state index contributed by atoms with van der Waals surface area (Å²) in [6, 6.07) is 1.97. The second-order valence-electron chi connectivity index (χ2n) is 4.68. The van der Waals surface area contributed by atoms with Crippen molar-refractivity contribution in [3.63, 3.8) is 0 Å². The third-order valence-electron chi connectivity index (χ3n) is 3.29. The van der Waals surface area contributed by atoms with E-state index < -0.39 is 12.6 Å². The van der Waals surface area contributed by atoms with E-state index in [1.165, 1.54) is 12.0 Å². The van der Waals surface area contributed by atoms with Gasteiger partial charge in [-0.3, -0.25) is 0 Å². The van der Waals surface area contributed by atoms with Gasteiger partial charge in [-0.15, -0.1) is 0 Å². The van der Waals surface area contributed by atoms with Crippen molar-refractivity contribution in [3.05, 3.63) is 17.3 Å². The lowest BCUT2D eigenvalue weighted by atomic mass is 10.1. The summed E-state index contributed by atoms with van der Waals surface area (Å²) in [6.07, 6.45) is 5.44. The Kier molecular flexibility index (Phi) is 3.06. The number of ether oxygens (including phenoxy) is 1. The van der Waals surface area contributed by atoms with Crippen molar-refractivity contribution >= 4 is 17.1 Å². The van der Waals surface area contributed by atoms with Crippen molar-refractivity contribution in [2.45, 2.75) is 32.1 Å². The number of nitrogens with zero attached hydrogens (tertiary/aromatic N) is 2. The monoisotopic (exact) mass is 262 g/mol. The number of pyridine rings is 1. The number of carbonyl (C=O) groups is 1. The predicted molar refractivity (Wildman–Crippen MR) is 66.2 cm³/mol. The molecule has 1 N–H and O–H groups in total. The van der Waals surface area contributed by atoms with Crippen LogP contribution in [-0.4, -0.2) is 27.8 Å². The van der Waals surface area contributed by atoms with E-state index in [0.717, 1.165) is 31.4 Å². The van der Waals surface area contributed by atoms with Gasteiger partial charge in [0.15, 0.2) is 6.61 Å². The summed E-state index contributed by atoms with van der Waals surface area (Å²) < 4.78 is 10.2. The van der Waals surface area contributed by atoms with E-state index >= 15 is 0 Å². The van der Waals surface area contributed by atoms with Crippen LogP contribution in [0.4, 0.5) is 0 Å². The smallest absolute Gasteiger partial charge is 0.341 e. The van der Waals surface area contributed by atoms with Crippen LogP contribution in [0.5, 0.6) is 5.88 Å². The summed E-state index contributed by atoms with van der Waals surface area (Å²) in [6.45, 7) is -0.432. The standard InChI is InChI=1S/C13H14N2O4/c16-11(17)7-18-13-9-6-8-4-2-1-3-5-10(8)14-12(9)19-15-13/h6H,1-5,7H2,(H,16,17). The van der Waals surface area contributed by atoms with Gasteiger partial charge in [0, 0.05) is 5.69 Å². The summed E-state index contributed by atoms with van der Waals surface area (Å²) in [5.74, 6) is -0.837. The zero-order valence-corrected chi connectivity index (χ0v) is 10.4. The molecule has 6 nitrogen and oxygen atoms in total. The maximum Gasteiger partial charge on any atom is 0.341 e. The topological polar surface area (TPSA) is 85.5 Å². The maximum absolute atomic E-state index is 10.5. The van der Waals surface area contributed by atoms with Crippen LogP contribution in [-0.2, 0) is 17.6 Å². The largest absolute Gasteiger partial charge is 0.479 e. The summed E-state index contributed by atoms with van der Waals surface area (Å²) in [5.41, 5.74) is 2.67. The van der Waals surface area contributed by atoms with E-state index in [2.05, 4.69) is 10.1 Å². The Labute approximate surface area is 109 Å². The Bertz CT molecular complexity index is 620. The molecule has 0 radical (unpaired) electrons. The van der Waals surface area contributed by atoms with Gasteiger partial charge in [-0.2, -0.15) is 0 Å². The van der Waals surface area contributed by atoms with Gasteiger partial charge in [-0.25, -0.2) is 9.78 Å². The molecule has 0 unspecified atom stereocenters. The summed E-state index contributed by atoms with van der Waals surface area (Å²) in [4.78, 5) is 15.0. The van der Waals surface area contributed by atoms with E-state index in [4.69, 9.17) is 14.4 Å². The van der Waals surface area contributed by atoms with Crippen LogP contribution in [0, 0.1) is 0 Å². The SMILES string of the molecule is O=C(O)COc1noc2nc3c(cc12)CCCCC3. The van der Waals surface area contributed by atoms with Crippen LogP contribution >= 0.6 is 0 Å². The molecule has 19 heavy (non-hydrogen) atoms. The first kappa shape index (κ1) is 12.0.